The number of nitrogens with zero attached hydrogens (tertiary/aromatic N) is 3. The fourth-order valence-corrected chi connectivity index (χ4v) is 4.28. The van der Waals surface area contributed by atoms with Crippen molar-refractivity contribution in [3.05, 3.63) is 57.8 Å². The second kappa shape index (κ2) is 9.62. The van der Waals surface area contributed by atoms with Crippen LogP contribution in [0.2, 0.25) is 0 Å². The van der Waals surface area contributed by atoms with E-state index in [9.17, 15) is 9.59 Å². The van der Waals surface area contributed by atoms with Crippen molar-refractivity contribution in [2.75, 3.05) is 20.8 Å². The minimum atomic E-state index is -0.712. The Morgan fingerprint density at radius 2 is 1.88 bits per heavy atom. The summed E-state index contributed by atoms with van der Waals surface area (Å²) in [6.45, 7) is 6.13. The normalized spacial score (nSPS) is 12.3. The minimum absolute atomic E-state index is 0.241. The van der Waals surface area contributed by atoms with Crippen molar-refractivity contribution in [3.63, 3.8) is 0 Å². The van der Waals surface area contributed by atoms with Crippen molar-refractivity contribution in [1.82, 2.24) is 19.5 Å². The third kappa shape index (κ3) is 4.13. The second-order valence-electron chi connectivity index (χ2n) is 8.15. The van der Waals surface area contributed by atoms with Crippen LogP contribution in [0.1, 0.15) is 43.5 Å². The number of carbonyl (C=O) groups excluding carboxylic acids is 1. The SMILES string of the molecule is CCc1nn([C@@H](CC)C(=O)NCCc2ccc(OC)c(OC)c2)c(=O)c2cc3oc(C)cc3n12. The molecule has 180 valence electrons. The Morgan fingerprint density at radius 1 is 1.12 bits per heavy atom. The van der Waals surface area contributed by atoms with Gasteiger partial charge in [0.2, 0.25) is 5.91 Å². The van der Waals surface area contributed by atoms with Crippen LogP contribution in [-0.4, -0.2) is 40.9 Å². The molecule has 3 heterocycles. The van der Waals surface area contributed by atoms with Gasteiger partial charge in [0.05, 0.1) is 19.7 Å². The first-order valence-corrected chi connectivity index (χ1v) is 11.4. The number of hydrogen-bond acceptors (Lipinski definition) is 6. The van der Waals surface area contributed by atoms with Crippen molar-refractivity contribution in [1.29, 1.82) is 0 Å². The molecule has 0 aliphatic rings. The third-order valence-electron chi connectivity index (χ3n) is 5.98. The maximum atomic E-state index is 13.3. The molecule has 0 saturated carbocycles. The maximum Gasteiger partial charge on any atom is 0.291 e. The van der Waals surface area contributed by atoms with E-state index in [1.807, 2.05) is 49.4 Å². The summed E-state index contributed by atoms with van der Waals surface area (Å²) in [5, 5.41) is 7.54. The highest BCUT2D eigenvalue weighted by atomic mass is 16.5. The Kier molecular flexibility index (Phi) is 6.63. The molecule has 3 aromatic heterocycles. The largest absolute Gasteiger partial charge is 0.493 e. The predicted octanol–water partition coefficient (Wildman–Crippen LogP) is 3.44. The molecule has 0 fully saturated rings. The molecule has 34 heavy (non-hydrogen) atoms. The fraction of sp³-hybridized carbons (Fsp3) is 0.400. The van der Waals surface area contributed by atoms with E-state index in [1.165, 1.54) is 4.68 Å². The van der Waals surface area contributed by atoms with Crippen LogP contribution in [0.4, 0.5) is 0 Å². The monoisotopic (exact) mass is 466 g/mol. The molecule has 0 saturated heterocycles. The van der Waals surface area contributed by atoms with Crippen molar-refractivity contribution >= 4 is 22.5 Å². The lowest BCUT2D eigenvalue weighted by atomic mass is 10.1. The lowest BCUT2D eigenvalue weighted by Crippen LogP contribution is -2.40. The van der Waals surface area contributed by atoms with E-state index in [0.29, 0.717) is 54.2 Å². The summed E-state index contributed by atoms with van der Waals surface area (Å²) in [5.41, 5.74) is 2.59. The minimum Gasteiger partial charge on any atom is -0.493 e. The van der Waals surface area contributed by atoms with E-state index in [0.717, 1.165) is 16.8 Å². The number of hydrogen-bond donors (Lipinski definition) is 1. The van der Waals surface area contributed by atoms with Crippen LogP contribution >= 0.6 is 0 Å². The Balaban J connectivity index is 1.57. The topological polar surface area (TPSA) is 100 Å². The number of fused-ring (bicyclic) bond motifs is 3. The molecular weight excluding hydrogens is 436 g/mol. The number of benzene rings is 1. The van der Waals surface area contributed by atoms with Gasteiger partial charge in [-0.2, -0.15) is 5.10 Å². The summed E-state index contributed by atoms with van der Waals surface area (Å²) in [7, 11) is 3.18. The number of aryl methyl sites for hydroxylation is 2. The fourth-order valence-electron chi connectivity index (χ4n) is 4.28. The van der Waals surface area contributed by atoms with Crippen molar-refractivity contribution in [3.8, 4) is 11.5 Å². The first-order chi connectivity index (χ1) is 16.4. The van der Waals surface area contributed by atoms with Crippen molar-refractivity contribution in [2.45, 2.75) is 46.1 Å². The summed E-state index contributed by atoms with van der Waals surface area (Å²) in [4.78, 5) is 26.4. The van der Waals surface area contributed by atoms with Crippen LogP contribution in [0.3, 0.4) is 0 Å². The van der Waals surface area contributed by atoms with E-state index in [1.54, 1.807) is 20.3 Å². The van der Waals surface area contributed by atoms with Crippen molar-refractivity contribution < 1.29 is 18.7 Å². The van der Waals surface area contributed by atoms with Gasteiger partial charge in [-0.1, -0.05) is 19.9 Å². The van der Waals surface area contributed by atoms with Gasteiger partial charge in [-0.3, -0.25) is 14.0 Å². The number of aromatic nitrogens is 3. The number of furan rings is 1. The molecule has 1 aromatic carbocycles. The van der Waals surface area contributed by atoms with E-state index in [2.05, 4.69) is 10.4 Å². The molecule has 1 atom stereocenters. The van der Waals surface area contributed by atoms with Gasteiger partial charge in [0, 0.05) is 25.1 Å². The van der Waals surface area contributed by atoms with Crippen LogP contribution in [-0.2, 0) is 17.6 Å². The van der Waals surface area contributed by atoms with E-state index in [-0.39, 0.29) is 11.5 Å². The Morgan fingerprint density at radius 3 is 2.56 bits per heavy atom. The second-order valence-corrected chi connectivity index (χ2v) is 8.15. The van der Waals surface area contributed by atoms with Crippen LogP contribution in [0, 0.1) is 6.92 Å². The first-order valence-electron chi connectivity index (χ1n) is 11.4. The smallest absolute Gasteiger partial charge is 0.291 e. The summed E-state index contributed by atoms with van der Waals surface area (Å²) in [5.74, 6) is 2.52. The molecule has 1 N–H and O–H groups in total. The molecule has 0 aliphatic heterocycles. The van der Waals surface area contributed by atoms with Gasteiger partial charge in [-0.15, -0.1) is 0 Å². The molecule has 0 aliphatic carbocycles. The number of ether oxygens (including phenoxy) is 2. The molecule has 4 rings (SSSR count). The van der Waals surface area contributed by atoms with Gasteiger partial charge < -0.3 is 19.2 Å². The molecule has 9 nitrogen and oxygen atoms in total. The highest BCUT2D eigenvalue weighted by Gasteiger charge is 2.24. The predicted molar refractivity (Wildman–Crippen MR) is 129 cm³/mol. The number of nitrogens with one attached hydrogen (secondary N) is 1. The Bertz CT molecular complexity index is 1400. The van der Waals surface area contributed by atoms with Crippen LogP contribution < -0.4 is 20.3 Å². The molecule has 4 aromatic rings. The summed E-state index contributed by atoms with van der Waals surface area (Å²) >= 11 is 0. The Hall–Kier alpha value is -3.75. The molecule has 9 heteroatoms. The highest BCUT2D eigenvalue weighted by Crippen LogP contribution is 2.27. The number of carbonyl (C=O) groups is 1. The van der Waals surface area contributed by atoms with Gasteiger partial charge in [0.25, 0.3) is 5.56 Å². The van der Waals surface area contributed by atoms with Gasteiger partial charge in [-0.05, 0) is 37.5 Å². The van der Waals surface area contributed by atoms with E-state index < -0.39 is 6.04 Å². The first kappa shape index (κ1) is 23.4. The van der Waals surface area contributed by atoms with E-state index in [4.69, 9.17) is 13.9 Å². The molecular formula is C25H30N4O5. The third-order valence-corrected chi connectivity index (χ3v) is 5.98. The zero-order valence-electron chi connectivity index (χ0n) is 20.2. The molecule has 0 spiro atoms. The molecule has 0 bridgehead atoms. The van der Waals surface area contributed by atoms with Gasteiger partial charge in [0.1, 0.15) is 23.1 Å². The standard InChI is InChI=1S/C25H30N4O5/c1-6-17(24(30)26-11-10-16-8-9-20(32-4)22(13-16)33-5)29-25(31)19-14-21-18(12-15(3)34-21)28(19)23(7-2)27-29/h8-9,12-14,17H,6-7,10-11H2,1-5H3,(H,26,30)/t17-/m0/s1. The van der Waals surface area contributed by atoms with Gasteiger partial charge in [-0.25, -0.2) is 4.68 Å². The average Bonchev–Trinajstić information content (AvgIpc) is 3.37. The maximum absolute atomic E-state index is 13.3. The van der Waals surface area contributed by atoms with Crippen molar-refractivity contribution in [2.24, 2.45) is 0 Å². The average molecular weight is 467 g/mol. The highest BCUT2D eigenvalue weighted by molar-refractivity contribution is 5.84. The molecule has 0 unspecified atom stereocenters. The lowest BCUT2D eigenvalue weighted by Gasteiger charge is -2.18. The number of rotatable bonds is 9. The van der Waals surface area contributed by atoms with E-state index >= 15 is 0 Å². The zero-order valence-corrected chi connectivity index (χ0v) is 20.2. The molecule has 0 radical (unpaired) electrons. The number of amides is 1. The van der Waals surface area contributed by atoms with Gasteiger partial charge in [0.15, 0.2) is 17.1 Å². The molecule has 1 amide bonds. The van der Waals surface area contributed by atoms with Gasteiger partial charge >= 0.3 is 0 Å². The summed E-state index contributed by atoms with van der Waals surface area (Å²) in [6.07, 6.45) is 1.64. The number of methoxy groups -OCH3 is 2. The Labute approximate surface area is 197 Å². The van der Waals surface area contributed by atoms with Crippen LogP contribution in [0.15, 0.2) is 39.5 Å². The summed E-state index contributed by atoms with van der Waals surface area (Å²) < 4.78 is 19.5. The quantitative estimate of drug-likeness (QED) is 0.406. The van der Waals surface area contributed by atoms with Crippen LogP contribution in [0.5, 0.6) is 11.5 Å². The zero-order chi connectivity index (χ0) is 24.4. The lowest BCUT2D eigenvalue weighted by molar-refractivity contribution is -0.124. The summed E-state index contributed by atoms with van der Waals surface area (Å²) in [6, 6.07) is 8.57. The van der Waals surface area contributed by atoms with Crippen LogP contribution in [0.25, 0.3) is 16.6 Å².